The minimum Gasteiger partial charge on any atom is -0.433 e. The number of para-hydroxylation sites is 1. The van der Waals surface area contributed by atoms with Gasteiger partial charge in [0.2, 0.25) is 0 Å². The number of ether oxygens (including phenoxy) is 1. The van der Waals surface area contributed by atoms with Crippen molar-refractivity contribution in [1.29, 1.82) is 0 Å². The molecule has 0 aliphatic heterocycles. The highest BCUT2D eigenvalue weighted by molar-refractivity contribution is 14.2. The Bertz CT molecular complexity index is 1170. The Morgan fingerprint density at radius 3 is 2.72 bits per heavy atom. The number of imidazole rings is 1. The molecule has 0 N–H and O–H groups in total. The highest BCUT2D eigenvalue weighted by Crippen LogP contribution is 2.35. The Balaban J connectivity index is 2.39. The maximum Gasteiger partial charge on any atom is 0.387 e. The number of carbonyl (C=O) groups is 1. The van der Waals surface area contributed by atoms with Crippen molar-refractivity contribution in [2.45, 2.75) is 26.0 Å². The molecule has 1 unspecified atom stereocenters. The molecule has 168 valence electrons. The van der Waals surface area contributed by atoms with Crippen LogP contribution in [0.5, 0.6) is 5.75 Å². The summed E-state index contributed by atoms with van der Waals surface area (Å²) in [4.78, 5) is 18.7. The quantitative estimate of drug-likeness (QED) is 0.193. The van der Waals surface area contributed by atoms with Crippen LogP contribution in [-0.2, 0) is 0 Å². The standard InChI is InChI=1S/C23H22F2IN3O2S/c1-4-18(28(2)3)22-27-17-11-10-15(7-6-12-32-26)13-19(17)29(22)21-16(14-30)8-5-9-20(21)31-23(24)25/h5,8-11,13-14,18,23H,4,12H2,1-3H3. The lowest BCUT2D eigenvalue weighted by atomic mass is 10.1. The molecule has 2 aromatic carbocycles. The fraction of sp³-hybridized carbons (Fsp3) is 0.304. The number of rotatable bonds is 8. The Kier molecular flexibility index (Phi) is 8.51. The van der Waals surface area contributed by atoms with E-state index in [0.717, 1.165) is 12.0 Å². The molecule has 0 aliphatic carbocycles. The fourth-order valence-electron chi connectivity index (χ4n) is 3.64. The van der Waals surface area contributed by atoms with Gasteiger partial charge in [-0.05, 0) is 72.1 Å². The average Bonchev–Trinajstić information content (AvgIpc) is 3.11. The molecule has 0 saturated heterocycles. The highest BCUT2D eigenvalue weighted by Gasteiger charge is 2.26. The smallest absolute Gasteiger partial charge is 0.387 e. The predicted octanol–water partition coefficient (Wildman–Crippen LogP) is 5.89. The molecule has 0 amide bonds. The summed E-state index contributed by atoms with van der Waals surface area (Å²) in [6.45, 7) is -1.01. The zero-order valence-corrected chi connectivity index (χ0v) is 20.8. The zero-order chi connectivity index (χ0) is 23.3. The third-order valence-corrected chi connectivity index (χ3v) is 6.13. The van der Waals surface area contributed by atoms with Crippen molar-refractivity contribution in [3.8, 4) is 23.3 Å². The summed E-state index contributed by atoms with van der Waals surface area (Å²) >= 11 is 2.19. The van der Waals surface area contributed by atoms with Crippen molar-refractivity contribution in [2.75, 3.05) is 19.8 Å². The van der Waals surface area contributed by atoms with Crippen LogP contribution < -0.4 is 4.74 Å². The van der Waals surface area contributed by atoms with Crippen LogP contribution in [0.3, 0.4) is 0 Å². The summed E-state index contributed by atoms with van der Waals surface area (Å²) in [5.74, 6) is 7.43. The topological polar surface area (TPSA) is 47.4 Å². The van der Waals surface area contributed by atoms with Gasteiger partial charge in [0, 0.05) is 11.1 Å². The number of nitrogens with zero attached hydrogens (tertiary/aromatic N) is 3. The minimum atomic E-state index is -3.03. The molecule has 3 aromatic rings. The normalized spacial score (nSPS) is 12.1. The van der Waals surface area contributed by atoms with Gasteiger partial charge >= 0.3 is 6.61 Å². The Hall–Kier alpha value is -2.16. The molecule has 0 fully saturated rings. The first-order valence-corrected chi connectivity index (χ1v) is 13.4. The number of carbonyl (C=O) groups excluding carboxylic acids is 1. The Labute approximate surface area is 202 Å². The van der Waals surface area contributed by atoms with E-state index in [4.69, 9.17) is 9.72 Å². The van der Waals surface area contributed by atoms with Crippen molar-refractivity contribution in [1.82, 2.24) is 14.5 Å². The van der Waals surface area contributed by atoms with Crippen LogP contribution >= 0.6 is 30.1 Å². The summed E-state index contributed by atoms with van der Waals surface area (Å²) < 4.78 is 33.0. The third-order valence-electron chi connectivity index (χ3n) is 4.94. The van der Waals surface area contributed by atoms with E-state index in [9.17, 15) is 13.6 Å². The average molecular weight is 569 g/mol. The lowest BCUT2D eigenvalue weighted by Gasteiger charge is -2.25. The van der Waals surface area contributed by atoms with E-state index in [-0.39, 0.29) is 23.0 Å². The van der Waals surface area contributed by atoms with Crippen LogP contribution in [0, 0.1) is 11.8 Å². The number of fused-ring (bicyclic) bond motifs is 1. The fourth-order valence-corrected chi connectivity index (χ4v) is 4.23. The monoisotopic (exact) mass is 569 g/mol. The number of aldehydes is 1. The first kappa shape index (κ1) is 24.5. The second-order valence-corrected chi connectivity index (χ2v) is 9.52. The summed E-state index contributed by atoms with van der Waals surface area (Å²) in [6, 6.07) is 10.0. The van der Waals surface area contributed by atoms with Gasteiger partial charge in [0.1, 0.15) is 11.5 Å². The molecule has 0 radical (unpaired) electrons. The van der Waals surface area contributed by atoms with E-state index in [2.05, 4.69) is 33.0 Å². The summed E-state index contributed by atoms with van der Waals surface area (Å²) in [6.07, 6.45) is 1.37. The van der Waals surface area contributed by atoms with Crippen molar-refractivity contribution < 1.29 is 18.3 Å². The molecule has 0 spiro atoms. The summed E-state index contributed by atoms with van der Waals surface area (Å²) in [7, 11) is 5.46. The molecule has 32 heavy (non-hydrogen) atoms. The van der Waals surface area contributed by atoms with Gasteiger partial charge in [0.25, 0.3) is 0 Å². The Morgan fingerprint density at radius 2 is 2.09 bits per heavy atom. The van der Waals surface area contributed by atoms with E-state index in [0.29, 0.717) is 28.9 Å². The van der Waals surface area contributed by atoms with Gasteiger partial charge in [-0.2, -0.15) is 8.78 Å². The molecule has 1 heterocycles. The largest absolute Gasteiger partial charge is 0.433 e. The molecule has 3 rings (SSSR count). The van der Waals surface area contributed by atoms with E-state index in [1.165, 1.54) is 12.1 Å². The number of benzene rings is 2. The molecule has 9 heteroatoms. The van der Waals surface area contributed by atoms with Crippen LogP contribution in [0.4, 0.5) is 8.78 Å². The molecule has 0 aliphatic rings. The second kappa shape index (κ2) is 11.1. The van der Waals surface area contributed by atoms with Gasteiger partial charge in [0.05, 0.1) is 22.8 Å². The highest BCUT2D eigenvalue weighted by atomic mass is 127. The lowest BCUT2D eigenvalue weighted by molar-refractivity contribution is -0.0498. The predicted molar refractivity (Wildman–Crippen MR) is 133 cm³/mol. The molecule has 1 atom stereocenters. The maximum atomic E-state index is 13.2. The number of alkyl halides is 2. The molecule has 0 saturated carbocycles. The SMILES string of the molecule is CCC(c1nc2ccc(C#CCSI)cc2n1-c1c(C=O)cccc1OC(F)F)N(C)C. The lowest BCUT2D eigenvalue weighted by Crippen LogP contribution is -2.23. The van der Waals surface area contributed by atoms with Crippen LogP contribution in [0.15, 0.2) is 36.4 Å². The van der Waals surface area contributed by atoms with Crippen LogP contribution in [-0.4, -0.2) is 47.2 Å². The van der Waals surface area contributed by atoms with Gasteiger partial charge in [-0.15, -0.1) is 0 Å². The number of aromatic nitrogens is 2. The number of hydrogen-bond donors (Lipinski definition) is 0. The van der Waals surface area contributed by atoms with E-state index >= 15 is 0 Å². The van der Waals surface area contributed by atoms with Gasteiger partial charge in [-0.3, -0.25) is 14.3 Å². The van der Waals surface area contributed by atoms with E-state index in [1.54, 1.807) is 19.6 Å². The van der Waals surface area contributed by atoms with E-state index in [1.807, 2.05) is 44.1 Å². The molecule has 0 bridgehead atoms. The molecule has 1 aromatic heterocycles. The van der Waals surface area contributed by atoms with Gasteiger partial charge in [-0.25, -0.2) is 4.98 Å². The van der Waals surface area contributed by atoms with Gasteiger partial charge in [0.15, 0.2) is 12.0 Å². The summed E-state index contributed by atoms with van der Waals surface area (Å²) in [5.41, 5.74) is 2.59. The third kappa shape index (κ3) is 5.24. The summed E-state index contributed by atoms with van der Waals surface area (Å²) in [5, 5.41) is 0. The second-order valence-electron chi connectivity index (χ2n) is 7.14. The van der Waals surface area contributed by atoms with Gasteiger partial charge < -0.3 is 4.74 Å². The molecule has 5 nitrogen and oxygen atoms in total. The van der Waals surface area contributed by atoms with Crippen molar-refractivity contribution in [3.05, 3.63) is 53.3 Å². The first-order valence-electron chi connectivity index (χ1n) is 9.85. The molecular weight excluding hydrogens is 547 g/mol. The van der Waals surface area contributed by atoms with Crippen LogP contribution in [0.25, 0.3) is 16.7 Å². The van der Waals surface area contributed by atoms with Gasteiger partial charge in [-0.1, -0.05) is 33.8 Å². The van der Waals surface area contributed by atoms with Crippen LogP contribution in [0.2, 0.25) is 0 Å². The van der Waals surface area contributed by atoms with E-state index < -0.39 is 6.61 Å². The van der Waals surface area contributed by atoms with Crippen molar-refractivity contribution in [2.24, 2.45) is 0 Å². The number of hydrogen-bond acceptors (Lipinski definition) is 5. The molecular formula is C23H22F2IN3O2S. The van der Waals surface area contributed by atoms with Crippen LogP contribution in [0.1, 0.15) is 41.1 Å². The number of halogens is 3. The van der Waals surface area contributed by atoms with Crippen molar-refractivity contribution in [3.63, 3.8) is 0 Å². The minimum absolute atomic E-state index is 0.0865. The van der Waals surface area contributed by atoms with Crippen molar-refractivity contribution >= 4 is 47.5 Å². The Morgan fingerprint density at radius 1 is 1.31 bits per heavy atom. The maximum absolute atomic E-state index is 13.2. The zero-order valence-electron chi connectivity index (χ0n) is 17.8. The first-order chi connectivity index (χ1) is 15.4.